The minimum Gasteiger partial charge on any atom is -0.465 e. The van der Waals surface area contributed by atoms with Crippen LogP contribution in [0.1, 0.15) is 19.7 Å². The standard InChI is InChI=1S/C14H19N5O2/c1-3-18(11-14(20)21-4-2)10-13-15-16-17-19(13)12-8-6-5-7-9-12/h5-9H,3-4,10-11H2,1-2H3. The molecule has 112 valence electrons. The maximum Gasteiger partial charge on any atom is 0.320 e. The van der Waals surface area contributed by atoms with Gasteiger partial charge in [0.1, 0.15) is 0 Å². The van der Waals surface area contributed by atoms with Crippen molar-refractivity contribution in [3.05, 3.63) is 36.2 Å². The number of hydrogen-bond acceptors (Lipinski definition) is 6. The number of esters is 1. The number of carbonyl (C=O) groups excluding carboxylic acids is 1. The summed E-state index contributed by atoms with van der Waals surface area (Å²) in [6, 6.07) is 9.66. The summed E-state index contributed by atoms with van der Waals surface area (Å²) >= 11 is 0. The predicted octanol–water partition coefficient (Wildman–Crippen LogP) is 1.05. The first-order valence-corrected chi connectivity index (χ1v) is 6.95. The lowest BCUT2D eigenvalue weighted by molar-refractivity contribution is -0.144. The molecule has 0 aliphatic rings. The van der Waals surface area contributed by atoms with Crippen molar-refractivity contribution in [1.82, 2.24) is 25.1 Å². The van der Waals surface area contributed by atoms with Crippen LogP contribution in [-0.4, -0.2) is 50.8 Å². The van der Waals surface area contributed by atoms with Gasteiger partial charge in [-0.3, -0.25) is 9.69 Å². The fourth-order valence-corrected chi connectivity index (χ4v) is 1.94. The van der Waals surface area contributed by atoms with Crippen molar-refractivity contribution in [1.29, 1.82) is 0 Å². The predicted molar refractivity (Wildman–Crippen MR) is 76.7 cm³/mol. The van der Waals surface area contributed by atoms with Crippen molar-refractivity contribution in [3.8, 4) is 5.69 Å². The highest BCUT2D eigenvalue weighted by atomic mass is 16.5. The smallest absolute Gasteiger partial charge is 0.320 e. The van der Waals surface area contributed by atoms with E-state index in [1.165, 1.54) is 0 Å². The van der Waals surface area contributed by atoms with Gasteiger partial charge in [0, 0.05) is 0 Å². The Labute approximate surface area is 123 Å². The third kappa shape index (κ3) is 4.09. The number of tetrazole rings is 1. The van der Waals surface area contributed by atoms with Crippen LogP contribution >= 0.6 is 0 Å². The van der Waals surface area contributed by atoms with Crippen LogP contribution in [0.15, 0.2) is 30.3 Å². The second-order valence-electron chi connectivity index (χ2n) is 4.45. The lowest BCUT2D eigenvalue weighted by Gasteiger charge is -2.18. The number of para-hydroxylation sites is 1. The van der Waals surface area contributed by atoms with Gasteiger partial charge in [0.05, 0.1) is 25.4 Å². The molecular weight excluding hydrogens is 270 g/mol. The van der Waals surface area contributed by atoms with Gasteiger partial charge in [-0.25, -0.2) is 0 Å². The quantitative estimate of drug-likeness (QED) is 0.709. The number of hydrogen-bond donors (Lipinski definition) is 0. The first kappa shape index (κ1) is 15.1. The van der Waals surface area contributed by atoms with Crippen LogP contribution in [0, 0.1) is 0 Å². The molecule has 0 N–H and O–H groups in total. The Balaban J connectivity index is 2.09. The number of likely N-dealkylation sites (N-methyl/N-ethyl adjacent to an activating group) is 1. The zero-order valence-corrected chi connectivity index (χ0v) is 12.3. The molecular formula is C14H19N5O2. The van der Waals surface area contributed by atoms with Crippen LogP contribution in [0.25, 0.3) is 5.69 Å². The third-order valence-corrected chi connectivity index (χ3v) is 3.01. The van der Waals surface area contributed by atoms with Crippen LogP contribution in [0.3, 0.4) is 0 Å². The maximum atomic E-state index is 11.6. The number of rotatable bonds is 7. The molecule has 7 heteroatoms. The highest BCUT2D eigenvalue weighted by molar-refractivity contribution is 5.71. The Kier molecular flexibility index (Phi) is 5.39. The van der Waals surface area contributed by atoms with Gasteiger partial charge in [0.25, 0.3) is 0 Å². The van der Waals surface area contributed by atoms with Gasteiger partial charge in [-0.1, -0.05) is 25.1 Å². The summed E-state index contributed by atoms with van der Waals surface area (Å²) in [5.74, 6) is 0.449. The van der Waals surface area contributed by atoms with E-state index in [0.717, 1.165) is 5.69 Å². The fourth-order valence-electron chi connectivity index (χ4n) is 1.94. The Morgan fingerprint density at radius 3 is 2.71 bits per heavy atom. The summed E-state index contributed by atoms with van der Waals surface area (Å²) in [6.07, 6.45) is 0. The molecule has 1 aromatic heterocycles. The lowest BCUT2D eigenvalue weighted by atomic mass is 10.3. The van der Waals surface area contributed by atoms with Crippen LogP contribution in [0.5, 0.6) is 0 Å². The summed E-state index contributed by atoms with van der Waals surface area (Å²) in [7, 11) is 0. The second kappa shape index (κ2) is 7.49. The fraction of sp³-hybridized carbons (Fsp3) is 0.429. The molecule has 7 nitrogen and oxygen atoms in total. The van der Waals surface area contributed by atoms with Gasteiger partial charge in [-0.05, 0) is 36.0 Å². The summed E-state index contributed by atoms with van der Waals surface area (Å²) < 4.78 is 6.64. The van der Waals surface area contributed by atoms with Crippen molar-refractivity contribution in [2.45, 2.75) is 20.4 Å². The molecule has 0 spiro atoms. The molecule has 0 saturated carbocycles. The molecule has 0 atom stereocenters. The van der Waals surface area contributed by atoms with E-state index in [1.807, 2.05) is 42.2 Å². The van der Waals surface area contributed by atoms with Gasteiger partial charge in [-0.15, -0.1) is 5.10 Å². The molecule has 0 amide bonds. The van der Waals surface area contributed by atoms with Crippen LogP contribution < -0.4 is 0 Å². The van der Waals surface area contributed by atoms with E-state index < -0.39 is 0 Å². The molecule has 0 unspecified atom stereocenters. The molecule has 1 aromatic carbocycles. The van der Waals surface area contributed by atoms with E-state index in [1.54, 1.807) is 11.6 Å². The monoisotopic (exact) mass is 289 g/mol. The summed E-state index contributed by atoms with van der Waals surface area (Å²) in [5.41, 5.74) is 0.893. The zero-order valence-electron chi connectivity index (χ0n) is 12.3. The zero-order chi connectivity index (χ0) is 15.1. The van der Waals surface area contributed by atoms with E-state index in [2.05, 4.69) is 15.5 Å². The van der Waals surface area contributed by atoms with E-state index in [0.29, 0.717) is 25.5 Å². The highest BCUT2D eigenvalue weighted by Crippen LogP contribution is 2.09. The Morgan fingerprint density at radius 2 is 2.05 bits per heavy atom. The Bertz CT molecular complexity index is 570. The first-order chi connectivity index (χ1) is 10.2. The maximum absolute atomic E-state index is 11.6. The summed E-state index contributed by atoms with van der Waals surface area (Å²) in [4.78, 5) is 13.5. The molecule has 1 heterocycles. The van der Waals surface area contributed by atoms with Crippen molar-refractivity contribution >= 4 is 5.97 Å². The molecule has 0 aliphatic carbocycles. The van der Waals surface area contributed by atoms with Crippen molar-refractivity contribution in [2.24, 2.45) is 0 Å². The molecule has 0 aliphatic heterocycles. The number of ether oxygens (including phenoxy) is 1. The van der Waals surface area contributed by atoms with E-state index >= 15 is 0 Å². The van der Waals surface area contributed by atoms with Crippen LogP contribution in [0.2, 0.25) is 0 Å². The van der Waals surface area contributed by atoms with Crippen molar-refractivity contribution < 1.29 is 9.53 Å². The Hall–Kier alpha value is -2.28. The minimum absolute atomic E-state index is 0.228. The van der Waals surface area contributed by atoms with Gasteiger partial charge < -0.3 is 4.74 Å². The number of carbonyl (C=O) groups is 1. The molecule has 2 rings (SSSR count). The van der Waals surface area contributed by atoms with E-state index in [4.69, 9.17) is 4.74 Å². The van der Waals surface area contributed by atoms with Gasteiger partial charge >= 0.3 is 5.97 Å². The van der Waals surface area contributed by atoms with Gasteiger partial charge in [0.15, 0.2) is 5.82 Å². The number of benzene rings is 1. The SMILES string of the molecule is CCOC(=O)CN(CC)Cc1nnnn1-c1ccccc1. The largest absolute Gasteiger partial charge is 0.465 e. The minimum atomic E-state index is -0.238. The van der Waals surface area contributed by atoms with Crippen molar-refractivity contribution in [3.63, 3.8) is 0 Å². The highest BCUT2D eigenvalue weighted by Gasteiger charge is 2.15. The summed E-state index contributed by atoms with van der Waals surface area (Å²) in [6.45, 7) is 5.59. The van der Waals surface area contributed by atoms with Crippen LogP contribution in [-0.2, 0) is 16.1 Å². The molecule has 2 aromatic rings. The van der Waals surface area contributed by atoms with Crippen LogP contribution in [0.4, 0.5) is 0 Å². The molecule has 0 radical (unpaired) electrons. The van der Waals surface area contributed by atoms with E-state index in [9.17, 15) is 4.79 Å². The average molecular weight is 289 g/mol. The number of nitrogens with zero attached hydrogens (tertiary/aromatic N) is 5. The van der Waals surface area contributed by atoms with Crippen molar-refractivity contribution in [2.75, 3.05) is 19.7 Å². The topological polar surface area (TPSA) is 73.1 Å². The second-order valence-corrected chi connectivity index (χ2v) is 4.45. The number of aromatic nitrogens is 4. The van der Waals surface area contributed by atoms with E-state index in [-0.39, 0.29) is 12.5 Å². The molecule has 0 fully saturated rings. The molecule has 21 heavy (non-hydrogen) atoms. The first-order valence-electron chi connectivity index (χ1n) is 6.95. The summed E-state index contributed by atoms with van der Waals surface area (Å²) in [5, 5.41) is 11.8. The van der Waals surface area contributed by atoms with Gasteiger partial charge in [0.2, 0.25) is 0 Å². The van der Waals surface area contributed by atoms with Gasteiger partial charge in [-0.2, -0.15) is 4.68 Å². The molecule has 0 bridgehead atoms. The Morgan fingerprint density at radius 1 is 1.29 bits per heavy atom. The molecule has 0 saturated heterocycles. The lowest BCUT2D eigenvalue weighted by Crippen LogP contribution is -2.31. The average Bonchev–Trinajstić information content (AvgIpc) is 2.96. The normalized spacial score (nSPS) is 10.8. The third-order valence-electron chi connectivity index (χ3n) is 3.01.